The molecule has 0 saturated heterocycles. The molecule has 0 aliphatic carbocycles. The normalized spacial score (nSPS) is 11.4. The Morgan fingerprint density at radius 2 is 2.00 bits per heavy atom. The molecule has 2 aromatic heterocycles. The molecule has 0 unspecified atom stereocenters. The number of para-hydroxylation sites is 1. The van der Waals surface area contributed by atoms with Gasteiger partial charge in [0, 0.05) is 9.75 Å². The topological polar surface area (TPSA) is 30.0 Å². The highest BCUT2D eigenvalue weighted by molar-refractivity contribution is 7.20. The minimum atomic E-state index is -0.0350. The van der Waals surface area contributed by atoms with E-state index in [0.29, 0.717) is 5.01 Å². The molecule has 0 atom stereocenters. The monoisotopic (exact) mass is 285 g/mol. The van der Waals surface area contributed by atoms with Gasteiger partial charge < -0.3 is 0 Å². The minimum absolute atomic E-state index is 0.0350. The number of rotatable bonds is 3. The summed E-state index contributed by atoms with van der Waals surface area (Å²) in [6.07, 6.45) is 3.45. The summed E-state index contributed by atoms with van der Waals surface area (Å²) in [6, 6.07) is 11.9. The molecule has 0 N–H and O–H groups in total. The maximum absolute atomic E-state index is 12.1. The molecule has 2 nitrogen and oxygen atoms in total. The van der Waals surface area contributed by atoms with Crippen molar-refractivity contribution < 1.29 is 4.79 Å². The number of fused-ring (bicyclic) bond motifs is 1. The quantitative estimate of drug-likeness (QED) is 0.521. The van der Waals surface area contributed by atoms with E-state index in [1.165, 1.54) is 16.2 Å². The number of hydrogen-bond donors (Lipinski definition) is 0. The molecule has 0 aliphatic heterocycles. The Bertz CT molecular complexity index is 734. The number of allylic oxidation sites excluding steroid dienone is 1. The molecule has 94 valence electrons. The second-order valence-electron chi connectivity index (χ2n) is 4.13. The Labute approximate surface area is 119 Å². The molecule has 2 heterocycles. The van der Waals surface area contributed by atoms with E-state index in [2.05, 4.69) is 11.9 Å². The molecule has 4 heteroatoms. The van der Waals surface area contributed by atoms with Crippen LogP contribution in [0.3, 0.4) is 0 Å². The van der Waals surface area contributed by atoms with Crippen molar-refractivity contribution in [2.45, 2.75) is 6.92 Å². The van der Waals surface area contributed by atoms with E-state index in [0.717, 1.165) is 15.1 Å². The van der Waals surface area contributed by atoms with Crippen LogP contribution in [-0.2, 0) is 0 Å². The first-order chi connectivity index (χ1) is 9.22. The first kappa shape index (κ1) is 12.3. The Kier molecular flexibility index (Phi) is 3.27. The Hall–Kier alpha value is -1.78. The number of carbonyl (C=O) groups is 1. The molecule has 3 rings (SSSR count). The number of aromatic nitrogens is 1. The van der Waals surface area contributed by atoms with E-state index in [1.54, 1.807) is 17.4 Å². The van der Waals surface area contributed by atoms with Gasteiger partial charge >= 0.3 is 0 Å². The fourth-order valence-corrected chi connectivity index (χ4v) is 3.42. The SMILES string of the molecule is Cc1ccc(/C=C/C(=O)c2nc3ccccc3s2)s1. The van der Waals surface area contributed by atoms with Crippen molar-refractivity contribution >= 4 is 44.7 Å². The van der Waals surface area contributed by atoms with Gasteiger partial charge in [0.2, 0.25) is 5.78 Å². The third-order valence-corrected chi connectivity index (χ3v) is 4.68. The second kappa shape index (κ2) is 5.07. The van der Waals surface area contributed by atoms with Gasteiger partial charge in [-0.15, -0.1) is 22.7 Å². The van der Waals surface area contributed by atoms with Crippen LogP contribution in [0.4, 0.5) is 0 Å². The van der Waals surface area contributed by atoms with E-state index in [4.69, 9.17) is 0 Å². The number of nitrogens with zero attached hydrogens (tertiary/aromatic N) is 1. The predicted octanol–water partition coefficient (Wildman–Crippen LogP) is 4.56. The van der Waals surface area contributed by atoms with Gasteiger partial charge in [-0.1, -0.05) is 12.1 Å². The molecule has 0 spiro atoms. The van der Waals surface area contributed by atoms with Crippen LogP contribution in [0.2, 0.25) is 0 Å². The number of aryl methyl sites for hydroxylation is 1. The van der Waals surface area contributed by atoms with Crippen molar-refractivity contribution in [3.05, 3.63) is 57.2 Å². The fourth-order valence-electron chi connectivity index (χ4n) is 1.75. The summed E-state index contributed by atoms with van der Waals surface area (Å²) in [6.45, 7) is 2.05. The van der Waals surface area contributed by atoms with E-state index < -0.39 is 0 Å². The fraction of sp³-hybridized carbons (Fsp3) is 0.0667. The highest BCUT2D eigenvalue weighted by Crippen LogP contribution is 2.22. The van der Waals surface area contributed by atoms with Gasteiger partial charge in [0.05, 0.1) is 10.2 Å². The summed E-state index contributed by atoms with van der Waals surface area (Å²) in [4.78, 5) is 18.7. The van der Waals surface area contributed by atoms with Crippen LogP contribution in [-0.4, -0.2) is 10.8 Å². The van der Waals surface area contributed by atoms with Crippen LogP contribution < -0.4 is 0 Å². The lowest BCUT2D eigenvalue weighted by molar-refractivity contribution is 0.104. The molecule has 0 saturated carbocycles. The number of thiazole rings is 1. The third kappa shape index (κ3) is 2.64. The summed E-state index contributed by atoms with van der Waals surface area (Å²) in [5.41, 5.74) is 0.885. The van der Waals surface area contributed by atoms with E-state index >= 15 is 0 Å². The van der Waals surface area contributed by atoms with Crippen LogP contribution in [0.5, 0.6) is 0 Å². The molecular weight excluding hydrogens is 274 g/mol. The van der Waals surface area contributed by atoms with Gasteiger partial charge in [-0.3, -0.25) is 4.79 Å². The zero-order valence-corrected chi connectivity index (χ0v) is 11.9. The van der Waals surface area contributed by atoms with E-state index in [1.807, 2.05) is 42.5 Å². The lowest BCUT2D eigenvalue weighted by Crippen LogP contribution is -1.91. The van der Waals surface area contributed by atoms with Crippen molar-refractivity contribution in [1.29, 1.82) is 0 Å². The van der Waals surface area contributed by atoms with Crippen LogP contribution >= 0.6 is 22.7 Å². The van der Waals surface area contributed by atoms with Gasteiger partial charge in [-0.25, -0.2) is 4.98 Å². The highest BCUT2D eigenvalue weighted by Gasteiger charge is 2.08. The van der Waals surface area contributed by atoms with Crippen LogP contribution in [0, 0.1) is 6.92 Å². The number of ketones is 1. The van der Waals surface area contributed by atoms with Gasteiger partial charge in [-0.2, -0.15) is 0 Å². The molecule has 0 amide bonds. The average molecular weight is 285 g/mol. The smallest absolute Gasteiger partial charge is 0.214 e. The Morgan fingerprint density at radius 1 is 1.16 bits per heavy atom. The zero-order valence-electron chi connectivity index (χ0n) is 10.3. The summed E-state index contributed by atoms with van der Waals surface area (Å²) in [5.74, 6) is -0.0350. The number of thiophene rings is 1. The Balaban J connectivity index is 1.85. The summed E-state index contributed by atoms with van der Waals surface area (Å²) in [7, 11) is 0. The molecular formula is C15H11NOS2. The standard InChI is InChI=1S/C15H11NOS2/c1-10-6-7-11(18-10)8-9-13(17)15-16-12-4-2-3-5-14(12)19-15/h2-9H,1H3/b9-8+. The van der Waals surface area contributed by atoms with Crippen LogP contribution in [0.1, 0.15) is 19.6 Å². The van der Waals surface area contributed by atoms with Gasteiger partial charge in [0.25, 0.3) is 0 Å². The highest BCUT2D eigenvalue weighted by atomic mass is 32.1. The first-order valence-corrected chi connectivity index (χ1v) is 7.50. The molecule has 0 bridgehead atoms. The van der Waals surface area contributed by atoms with Crippen molar-refractivity contribution in [2.75, 3.05) is 0 Å². The predicted molar refractivity (Wildman–Crippen MR) is 82.0 cm³/mol. The van der Waals surface area contributed by atoms with Crippen molar-refractivity contribution in [2.24, 2.45) is 0 Å². The maximum Gasteiger partial charge on any atom is 0.214 e. The molecule has 0 radical (unpaired) electrons. The summed E-state index contributed by atoms with van der Waals surface area (Å²) in [5, 5.41) is 0.547. The number of benzene rings is 1. The van der Waals surface area contributed by atoms with Crippen LogP contribution in [0.25, 0.3) is 16.3 Å². The van der Waals surface area contributed by atoms with Crippen LogP contribution in [0.15, 0.2) is 42.5 Å². The second-order valence-corrected chi connectivity index (χ2v) is 6.48. The van der Waals surface area contributed by atoms with E-state index in [-0.39, 0.29) is 5.78 Å². The van der Waals surface area contributed by atoms with Crippen molar-refractivity contribution in [3.8, 4) is 0 Å². The molecule has 19 heavy (non-hydrogen) atoms. The lowest BCUT2D eigenvalue weighted by atomic mass is 10.3. The average Bonchev–Trinajstić information content (AvgIpc) is 3.01. The number of hydrogen-bond acceptors (Lipinski definition) is 4. The van der Waals surface area contributed by atoms with E-state index in [9.17, 15) is 4.79 Å². The minimum Gasteiger partial charge on any atom is -0.287 e. The molecule has 0 aliphatic rings. The van der Waals surface area contributed by atoms with Crippen molar-refractivity contribution in [3.63, 3.8) is 0 Å². The molecule has 3 aromatic rings. The lowest BCUT2D eigenvalue weighted by Gasteiger charge is -1.86. The van der Waals surface area contributed by atoms with Gasteiger partial charge in [0.1, 0.15) is 0 Å². The maximum atomic E-state index is 12.1. The summed E-state index contributed by atoms with van der Waals surface area (Å²) >= 11 is 3.11. The largest absolute Gasteiger partial charge is 0.287 e. The zero-order chi connectivity index (χ0) is 13.2. The Morgan fingerprint density at radius 3 is 2.74 bits per heavy atom. The number of carbonyl (C=O) groups excluding carboxylic acids is 1. The van der Waals surface area contributed by atoms with Crippen molar-refractivity contribution in [1.82, 2.24) is 4.98 Å². The molecule has 1 aromatic carbocycles. The molecule has 0 fully saturated rings. The first-order valence-electron chi connectivity index (χ1n) is 5.87. The third-order valence-electron chi connectivity index (χ3n) is 2.66. The van der Waals surface area contributed by atoms with Gasteiger partial charge in [-0.05, 0) is 43.3 Å². The summed E-state index contributed by atoms with van der Waals surface area (Å²) < 4.78 is 1.05. The van der Waals surface area contributed by atoms with Gasteiger partial charge in [0.15, 0.2) is 5.01 Å².